The molecule has 0 amide bonds. The summed E-state index contributed by atoms with van der Waals surface area (Å²) in [5, 5.41) is 10.2. The zero-order valence-electron chi connectivity index (χ0n) is 11.4. The van der Waals surface area contributed by atoms with E-state index in [0.29, 0.717) is 10.5 Å². The van der Waals surface area contributed by atoms with E-state index in [2.05, 4.69) is 0 Å². The second-order valence-corrected chi connectivity index (χ2v) is 4.91. The third kappa shape index (κ3) is 2.43. The van der Waals surface area contributed by atoms with Crippen LogP contribution in [-0.4, -0.2) is 21.6 Å². The predicted molar refractivity (Wildman–Crippen MR) is 83.8 cm³/mol. The van der Waals surface area contributed by atoms with Crippen LogP contribution in [0.2, 0.25) is 0 Å². The third-order valence-electron chi connectivity index (χ3n) is 3.29. The molecule has 0 saturated carbocycles. The minimum absolute atomic E-state index is 0.319. The van der Waals surface area contributed by atoms with Gasteiger partial charge in [0.25, 0.3) is 0 Å². The van der Waals surface area contributed by atoms with Crippen LogP contribution in [0.15, 0.2) is 60.8 Å². The van der Waals surface area contributed by atoms with Gasteiger partial charge in [0.05, 0.1) is 7.11 Å². The van der Waals surface area contributed by atoms with Gasteiger partial charge >= 0.3 is 0 Å². The molecule has 5 heteroatoms. The molecule has 21 heavy (non-hydrogen) atoms. The molecule has 3 aromatic rings. The summed E-state index contributed by atoms with van der Waals surface area (Å²) in [7, 11) is 1.62. The second kappa shape index (κ2) is 5.46. The first-order chi connectivity index (χ1) is 10.2. The molecule has 0 unspecified atom stereocenters. The maximum Gasteiger partial charge on any atom is 0.219 e. The summed E-state index contributed by atoms with van der Waals surface area (Å²) in [4.78, 5) is 0. The van der Waals surface area contributed by atoms with Gasteiger partial charge in [-0.1, -0.05) is 30.3 Å². The van der Waals surface area contributed by atoms with Crippen molar-refractivity contribution in [3.8, 4) is 22.7 Å². The summed E-state index contributed by atoms with van der Waals surface area (Å²) in [6, 6.07) is 17.1. The molecule has 2 aromatic carbocycles. The highest BCUT2D eigenvalue weighted by molar-refractivity contribution is 7.71. The minimum atomic E-state index is 0.319. The van der Waals surface area contributed by atoms with Gasteiger partial charge in [-0.2, -0.15) is 4.73 Å². The van der Waals surface area contributed by atoms with Gasteiger partial charge in [0.2, 0.25) is 4.77 Å². The normalized spacial score (nSPS) is 10.5. The largest absolute Gasteiger partial charge is 0.497 e. The van der Waals surface area contributed by atoms with Gasteiger partial charge in [-0.15, -0.1) is 0 Å². The number of aromatic nitrogens is 2. The second-order valence-electron chi connectivity index (χ2n) is 4.54. The Kier molecular flexibility index (Phi) is 3.50. The van der Waals surface area contributed by atoms with Gasteiger partial charge in [-0.05, 0) is 36.5 Å². The van der Waals surface area contributed by atoms with Crippen LogP contribution < -0.4 is 4.74 Å². The zero-order valence-corrected chi connectivity index (χ0v) is 12.2. The Morgan fingerprint density at radius 2 is 1.67 bits per heavy atom. The highest BCUT2D eigenvalue weighted by Crippen LogP contribution is 2.23. The molecule has 3 rings (SSSR count). The Morgan fingerprint density at radius 3 is 2.29 bits per heavy atom. The van der Waals surface area contributed by atoms with Crippen LogP contribution in [0.3, 0.4) is 0 Å². The number of hydrogen-bond acceptors (Lipinski definition) is 3. The summed E-state index contributed by atoms with van der Waals surface area (Å²) in [5.41, 5.74) is 2.42. The quantitative estimate of drug-likeness (QED) is 0.588. The van der Waals surface area contributed by atoms with Gasteiger partial charge in [-0.25, -0.2) is 0 Å². The first kappa shape index (κ1) is 13.5. The summed E-state index contributed by atoms with van der Waals surface area (Å²) < 4.78 is 8.25. The summed E-state index contributed by atoms with van der Waals surface area (Å²) in [5.74, 6) is 0.775. The van der Waals surface area contributed by atoms with Crippen LogP contribution in [0.4, 0.5) is 0 Å². The molecule has 1 aromatic heterocycles. The van der Waals surface area contributed by atoms with Crippen molar-refractivity contribution in [2.45, 2.75) is 0 Å². The van der Waals surface area contributed by atoms with Crippen LogP contribution in [-0.2, 0) is 0 Å². The van der Waals surface area contributed by atoms with Crippen molar-refractivity contribution in [2.24, 2.45) is 0 Å². The highest BCUT2D eigenvalue weighted by atomic mass is 32.1. The molecular weight excluding hydrogens is 284 g/mol. The Balaban J connectivity index is 2.10. The molecule has 0 aliphatic carbocycles. The van der Waals surface area contributed by atoms with Crippen molar-refractivity contribution in [2.75, 3.05) is 7.11 Å². The SMILES string of the molecule is COc1ccc(-n2cc(-c3ccccc3)n(O)c2=S)cc1. The monoisotopic (exact) mass is 298 g/mol. The molecule has 4 nitrogen and oxygen atoms in total. The molecule has 106 valence electrons. The Hall–Kier alpha value is -2.53. The number of imidazole rings is 1. The van der Waals surface area contributed by atoms with Gasteiger partial charge in [-0.3, -0.25) is 4.57 Å². The number of methoxy groups -OCH3 is 1. The van der Waals surface area contributed by atoms with Crippen LogP contribution in [0, 0.1) is 4.77 Å². The van der Waals surface area contributed by atoms with E-state index < -0.39 is 0 Å². The van der Waals surface area contributed by atoms with E-state index in [1.54, 1.807) is 11.7 Å². The van der Waals surface area contributed by atoms with Crippen LogP contribution >= 0.6 is 12.2 Å². The van der Waals surface area contributed by atoms with Crippen LogP contribution in [0.25, 0.3) is 16.9 Å². The fraction of sp³-hybridized carbons (Fsp3) is 0.0625. The molecule has 1 N–H and O–H groups in total. The lowest BCUT2D eigenvalue weighted by molar-refractivity contribution is 0.185. The standard InChI is InChI=1S/C16H14N2O2S/c1-20-14-9-7-13(8-10-14)17-11-15(18(19)16(17)21)12-5-3-2-4-6-12/h2-11,19H,1H3. The minimum Gasteiger partial charge on any atom is -0.497 e. The smallest absolute Gasteiger partial charge is 0.219 e. The summed E-state index contributed by atoms with van der Waals surface area (Å²) in [6.45, 7) is 0. The fourth-order valence-corrected chi connectivity index (χ4v) is 2.43. The molecule has 0 atom stereocenters. The van der Waals surface area contributed by atoms with E-state index in [1.165, 1.54) is 0 Å². The van der Waals surface area contributed by atoms with E-state index in [4.69, 9.17) is 17.0 Å². The number of rotatable bonds is 3. The number of hydrogen-bond donors (Lipinski definition) is 1. The van der Waals surface area contributed by atoms with Gasteiger partial charge < -0.3 is 9.94 Å². The highest BCUT2D eigenvalue weighted by Gasteiger charge is 2.10. The number of ether oxygens (including phenoxy) is 1. The fourth-order valence-electron chi connectivity index (χ4n) is 2.17. The first-order valence-electron chi connectivity index (χ1n) is 6.44. The molecule has 0 spiro atoms. The molecule has 0 aliphatic heterocycles. The first-order valence-corrected chi connectivity index (χ1v) is 6.85. The van der Waals surface area contributed by atoms with Crippen LogP contribution in [0.1, 0.15) is 0 Å². The molecule has 0 fully saturated rings. The molecule has 1 heterocycles. The van der Waals surface area contributed by atoms with Crippen LogP contribution in [0.5, 0.6) is 5.75 Å². The maximum atomic E-state index is 10.2. The van der Waals surface area contributed by atoms with Crippen molar-refractivity contribution in [1.29, 1.82) is 0 Å². The van der Waals surface area contributed by atoms with Crippen molar-refractivity contribution in [1.82, 2.24) is 9.30 Å². The molecule has 0 bridgehead atoms. The average Bonchev–Trinajstić information content (AvgIpc) is 2.84. The van der Waals surface area contributed by atoms with E-state index in [9.17, 15) is 5.21 Å². The van der Waals surface area contributed by atoms with E-state index in [-0.39, 0.29) is 0 Å². The lowest BCUT2D eigenvalue weighted by Crippen LogP contribution is -1.96. The van der Waals surface area contributed by atoms with E-state index in [1.807, 2.05) is 60.8 Å². The van der Waals surface area contributed by atoms with Gasteiger partial charge in [0, 0.05) is 17.4 Å². The van der Waals surface area contributed by atoms with E-state index in [0.717, 1.165) is 21.7 Å². The van der Waals surface area contributed by atoms with E-state index >= 15 is 0 Å². The number of benzene rings is 2. The summed E-state index contributed by atoms with van der Waals surface area (Å²) in [6.07, 6.45) is 1.82. The summed E-state index contributed by atoms with van der Waals surface area (Å²) >= 11 is 5.30. The topological polar surface area (TPSA) is 39.3 Å². The van der Waals surface area contributed by atoms with Crippen molar-refractivity contribution < 1.29 is 9.94 Å². The Labute approximate surface area is 127 Å². The van der Waals surface area contributed by atoms with Gasteiger partial charge in [0.15, 0.2) is 0 Å². The lowest BCUT2D eigenvalue weighted by Gasteiger charge is -2.03. The van der Waals surface area contributed by atoms with Gasteiger partial charge in [0.1, 0.15) is 11.4 Å². The van der Waals surface area contributed by atoms with Crippen molar-refractivity contribution in [3.05, 3.63) is 65.6 Å². The Morgan fingerprint density at radius 1 is 1.00 bits per heavy atom. The maximum absolute atomic E-state index is 10.2. The van der Waals surface area contributed by atoms with Crippen molar-refractivity contribution in [3.63, 3.8) is 0 Å². The molecule has 0 aliphatic rings. The predicted octanol–water partition coefficient (Wildman–Crippen LogP) is 3.92. The average molecular weight is 298 g/mol. The lowest BCUT2D eigenvalue weighted by atomic mass is 10.2. The Bertz CT molecular complexity index is 805. The molecule has 0 saturated heterocycles. The zero-order chi connectivity index (χ0) is 14.8. The molecule has 0 radical (unpaired) electrons. The number of nitrogens with zero attached hydrogens (tertiary/aromatic N) is 2. The third-order valence-corrected chi connectivity index (χ3v) is 3.66. The van der Waals surface area contributed by atoms with Crippen molar-refractivity contribution >= 4 is 12.2 Å². The molecular formula is C16H14N2O2S.